The lowest BCUT2D eigenvalue weighted by Crippen LogP contribution is -2.51. The largest absolute Gasteiger partial charge is 0.493 e. The number of sulfonamides is 1. The second-order valence-corrected chi connectivity index (χ2v) is 12.3. The Morgan fingerprint density at radius 3 is 2.12 bits per heavy atom. The number of hydrogen-bond donors (Lipinski definition) is 1. The van der Waals surface area contributed by atoms with E-state index in [1.54, 1.807) is 31.2 Å². The van der Waals surface area contributed by atoms with Crippen LogP contribution in [0.3, 0.4) is 0 Å². The van der Waals surface area contributed by atoms with Gasteiger partial charge in [0.15, 0.2) is 11.5 Å². The first kappa shape index (κ1) is 32.7. The molecule has 0 heterocycles. The average molecular weight is 620 g/mol. The molecule has 0 saturated carbocycles. The van der Waals surface area contributed by atoms with Crippen molar-refractivity contribution in [3.8, 4) is 11.5 Å². The average Bonchev–Trinajstić information content (AvgIpc) is 2.97. The van der Waals surface area contributed by atoms with Gasteiger partial charge in [0, 0.05) is 24.2 Å². The van der Waals surface area contributed by atoms with E-state index in [4.69, 9.17) is 21.1 Å². The van der Waals surface area contributed by atoms with Gasteiger partial charge in [-0.2, -0.15) is 0 Å². The first-order valence-electron chi connectivity index (χ1n) is 13.2. The molecule has 0 spiro atoms. The molecule has 0 aliphatic heterocycles. The zero-order chi connectivity index (χ0) is 31.0. The summed E-state index contributed by atoms with van der Waals surface area (Å²) < 4.78 is 53.2. The van der Waals surface area contributed by atoms with Gasteiger partial charge in [-0.1, -0.05) is 37.6 Å². The van der Waals surface area contributed by atoms with Crippen LogP contribution in [0.4, 0.5) is 10.1 Å². The minimum atomic E-state index is -4.39. The Kier molecular flexibility index (Phi) is 11.2. The molecule has 3 aromatic rings. The fraction of sp³-hybridized carbons (Fsp3) is 0.333. The van der Waals surface area contributed by atoms with E-state index in [-0.39, 0.29) is 34.7 Å². The molecule has 0 saturated heterocycles. The van der Waals surface area contributed by atoms with E-state index in [1.165, 1.54) is 49.5 Å². The predicted molar refractivity (Wildman–Crippen MR) is 160 cm³/mol. The van der Waals surface area contributed by atoms with Crippen molar-refractivity contribution in [2.45, 2.75) is 38.3 Å². The summed E-state index contributed by atoms with van der Waals surface area (Å²) in [4.78, 5) is 28.1. The van der Waals surface area contributed by atoms with Crippen molar-refractivity contribution in [2.24, 2.45) is 5.92 Å². The number of hydrogen-bond acceptors (Lipinski definition) is 6. The lowest BCUT2D eigenvalue weighted by atomic mass is 10.1. The molecular weight excluding hydrogens is 585 g/mol. The first-order valence-corrected chi connectivity index (χ1v) is 15.0. The van der Waals surface area contributed by atoms with Gasteiger partial charge >= 0.3 is 0 Å². The van der Waals surface area contributed by atoms with Crippen molar-refractivity contribution in [1.82, 2.24) is 10.2 Å². The number of anilines is 1. The lowest BCUT2D eigenvalue weighted by Gasteiger charge is -2.32. The van der Waals surface area contributed by atoms with Crippen LogP contribution in [0.1, 0.15) is 26.3 Å². The van der Waals surface area contributed by atoms with Crippen LogP contribution in [0.25, 0.3) is 0 Å². The highest BCUT2D eigenvalue weighted by Crippen LogP contribution is 2.32. The molecule has 42 heavy (non-hydrogen) atoms. The fourth-order valence-electron chi connectivity index (χ4n) is 4.06. The summed E-state index contributed by atoms with van der Waals surface area (Å²) in [6, 6.07) is 14.6. The van der Waals surface area contributed by atoms with Crippen LogP contribution in [0.2, 0.25) is 5.02 Å². The maximum Gasteiger partial charge on any atom is 0.264 e. The van der Waals surface area contributed by atoms with Crippen LogP contribution in [0, 0.1) is 11.7 Å². The van der Waals surface area contributed by atoms with E-state index in [9.17, 15) is 22.4 Å². The molecule has 0 aliphatic rings. The van der Waals surface area contributed by atoms with Gasteiger partial charge in [0.25, 0.3) is 10.0 Å². The molecular formula is C30H35ClFN3O6S. The molecule has 0 bridgehead atoms. The molecule has 226 valence electrons. The summed E-state index contributed by atoms with van der Waals surface area (Å²) in [5, 5.41) is 3.33. The third-order valence-electron chi connectivity index (χ3n) is 6.45. The van der Waals surface area contributed by atoms with Crippen molar-refractivity contribution in [2.75, 3.05) is 31.6 Å². The molecule has 2 amide bonds. The summed E-state index contributed by atoms with van der Waals surface area (Å²) in [6.45, 7) is 5.22. The highest BCUT2D eigenvalue weighted by molar-refractivity contribution is 7.92. The number of methoxy groups -OCH3 is 2. The van der Waals surface area contributed by atoms with Gasteiger partial charge in [0.1, 0.15) is 18.4 Å². The summed E-state index contributed by atoms with van der Waals surface area (Å²) in [7, 11) is -1.60. The predicted octanol–water partition coefficient (Wildman–Crippen LogP) is 4.88. The zero-order valence-corrected chi connectivity index (χ0v) is 25.7. The molecule has 3 aromatic carbocycles. The minimum Gasteiger partial charge on any atom is -0.493 e. The normalized spacial score (nSPS) is 12.0. The van der Waals surface area contributed by atoms with Gasteiger partial charge in [0.2, 0.25) is 11.8 Å². The quantitative estimate of drug-likeness (QED) is 0.292. The molecule has 0 fully saturated rings. The Morgan fingerprint density at radius 1 is 0.929 bits per heavy atom. The smallest absolute Gasteiger partial charge is 0.264 e. The van der Waals surface area contributed by atoms with Crippen LogP contribution >= 0.6 is 11.6 Å². The van der Waals surface area contributed by atoms with Gasteiger partial charge in [-0.3, -0.25) is 13.9 Å². The number of amides is 2. The van der Waals surface area contributed by atoms with E-state index in [0.717, 1.165) is 16.4 Å². The Hall–Kier alpha value is -3.83. The maximum absolute atomic E-state index is 14.0. The number of benzene rings is 3. The Bertz CT molecular complexity index is 1480. The standard InChI is InChI=1S/C30H35ClFN3O6S/c1-20(2)17-33-30(37)21(3)34(18-22-6-8-23(31)9-7-22)29(36)19-35(25-12-10-24(32)11-13-25)42(38,39)26-14-15-27(40-4)28(16-26)41-5/h6-16,20-21H,17-19H2,1-5H3,(H,33,37). The summed E-state index contributed by atoms with van der Waals surface area (Å²) >= 11 is 6.03. The Balaban J connectivity index is 2.04. The van der Waals surface area contributed by atoms with Crippen molar-refractivity contribution in [1.29, 1.82) is 0 Å². The van der Waals surface area contributed by atoms with Gasteiger partial charge in [0.05, 0.1) is 24.8 Å². The van der Waals surface area contributed by atoms with E-state index in [2.05, 4.69) is 5.32 Å². The van der Waals surface area contributed by atoms with E-state index < -0.39 is 34.3 Å². The molecule has 0 aliphatic carbocycles. The molecule has 1 unspecified atom stereocenters. The van der Waals surface area contributed by atoms with Crippen LogP contribution < -0.4 is 19.1 Å². The van der Waals surface area contributed by atoms with Crippen molar-refractivity contribution in [3.63, 3.8) is 0 Å². The first-order chi connectivity index (χ1) is 19.9. The molecule has 9 nitrogen and oxygen atoms in total. The highest BCUT2D eigenvalue weighted by atomic mass is 35.5. The Morgan fingerprint density at radius 2 is 1.55 bits per heavy atom. The zero-order valence-electron chi connectivity index (χ0n) is 24.1. The summed E-state index contributed by atoms with van der Waals surface area (Å²) in [5.41, 5.74) is 0.746. The second-order valence-electron chi connectivity index (χ2n) is 9.97. The second kappa shape index (κ2) is 14.4. The number of rotatable bonds is 13. The summed E-state index contributed by atoms with van der Waals surface area (Å²) in [5.74, 6) is -0.942. The Labute approximate surface area is 251 Å². The van der Waals surface area contributed by atoms with Crippen molar-refractivity contribution >= 4 is 39.1 Å². The topological polar surface area (TPSA) is 105 Å². The highest BCUT2D eigenvalue weighted by Gasteiger charge is 2.33. The van der Waals surface area contributed by atoms with Crippen molar-refractivity contribution in [3.05, 3.63) is 83.1 Å². The van der Waals surface area contributed by atoms with Gasteiger partial charge in [-0.25, -0.2) is 12.8 Å². The summed E-state index contributed by atoms with van der Waals surface area (Å²) in [6.07, 6.45) is 0. The number of carbonyl (C=O) groups excluding carboxylic acids is 2. The van der Waals surface area contributed by atoms with Gasteiger partial charge in [-0.15, -0.1) is 0 Å². The fourth-order valence-corrected chi connectivity index (χ4v) is 5.62. The molecule has 1 N–H and O–H groups in total. The van der Waals surface area contributed by atoms with Crippen LogP contribution in [0.5, 0.6) is 11.5 Å². The maximum atomic E-state index is 14.0. The molecule has 0 radical (unpaired) electrons. The number of nitrogens with one attached hydrogen (secondary N) is 1. The molecule has 12 heteroatoms. The van der Waals surface area contributed by atoms with E-state index in [1.807, 2.05) is 13.8 Å². The minimum absolute atomic E-state index is 0.0138. The number of carbonyl (C=O) groups is 2. The number of ether oxygens (including phenoxy) is 2. The van der Waals surface area contributed by atoms with Crippen LogP contribution in [-0.2, 0) is 26.2 Å². The van der Waals surface area contributed by atoms with Crippen LogP contribution in [-0.4, -0.2) is 58.5 Å². The monoisotopic (exact) mass is 619 g/mol. The van der Waals surface area contributed by atoms with E-state index in [0.29, 0.717) is 22.9 Å². The van der Waals surface area contributed by atoms with Crippen molar-refractivity contribution < 1.29 is 31.9 Å². The third-order valence-corrected chi connectivity index (χ3v) is 8.48. The molecule has 1 atom stereocenters. The number of nitrogens with zero attached hydrogens (tertiary/aromatic N) is 2. The van der Waals surface area contributed by atoms with Gasteiger partial charge < -0.3 is 19.7 Å². The molecule has 0 aromatic heterocycles. The van der Waals surface area contributed by atoms with E-state index >= 15 is 0 Å². The molecule has 3 rings (SSSR count). The number of halogens is 2. The van der Waals surface area contributed by atoms with Gasteiger partial charge in [-0.05, 0) is 66.9 Å². The lowest BCUT2D eigenvalue weighted by molar-refractivity contribution is -0.139. The van der Waals surface area contributed by atoms with Crippen LogP contribution in [0.15, 0.2) is 71.6 Å². The SMILES string of the molecule is COc1ccc(S(=O)(=O)N(CC(=O)N(Cc2ccc(Cl)cc2)C(C)C(=O)NCC(C)C)c2ccc(F)cc2)cc1OC. The third kappa shape index (κ3) is 8.13.